The van der Waals surface area contributed by atoms with Crippen LogP contribution in [-0.4, -0.2) is 42.1 Å². The van der Waals surface area contributed by atoms with Crippen LogP contribution < -0.4 is 5.01 Å². The summed E-state index contributed by atoms with van der Waals surface area (Å²) in [6.07, 6.45) is 1.58. The van der Waals surface area contributed by atoms with Crippen LogP contribution in [0.5, 0.6) is 0 Å². The van der Waals surface area contributed by atoms with Crippen molar-refractivity contribution in [3.8, 4) is 6.07 Å². The van der Waals surface area contributed by atoms with E-state index in [0.717, 1.165) is 27.6 Å². The quantitative estimate of drug-likeness (QED) is 0.698. The van der Waals surface area contributed by atoms with Crippen LogP contribution in [0.2, 0.25) is 0 Å². The first-order valence-electron chi connectivity index (χ1n) is 8.44. The standard InChI is InChI=1S/C17H15N5OS2.C2H6O/c1-3-11-4-5-12(13(6-11)8-18)10-24-17-21-22(2)15-7-14(9-23)19-20-16(15)25-17;1-3-2/h4-7,9H,3,10H2,1-2H3;1-2H3. The second kappa shape index (κ2) is 10.8. The van der Waals surface area contributed by atoms with E-state index in [9.17, 15) is 10.1 Å². The molecule has 0 radical (unpaired) electrons. The second-order valence-corrected chi connectivity index (χ2v) is 7.92. The lowest BCUT2D eigenvalue weighted by Crippen LogP contribution is -2.17. The number of methoxy groups -OCH3 is 1. The van der Waals surface area contributed by atoms with Crippen molar-refractivity contribution in [2.24, 2.45) is 5.10 Å². The van der Waals surface area contributed by atoms with Crippen LogP contribution in [0.25, 0.3) is 0 Å². The predicted molar refractivity (Wildman–Crippen MR) is 114 cm³/mol. The third-order valence-corrected chi connectivity index (χ3v) is 5.83. The molecule has 0 unspecified atom stereocenters. The van der Waals surface area contributed by atoms with Gasteiger partial charge in [-0.2, -0.15) is 10.4 Å². The number of carbonyl (C=O) groups is 1. The number of aryl methyl sites for hydroxylation is 1. The van der Waals surface area contributed by atoms with Crippen LogP contribution in [0, 0.1) is 11.3 Å². The zero-order chi connectivity index (χ0) is 20.5. The fourth-order valence-corrected chi connectivity index (χ4v) is 4.36. The molecule has 9 heteroatoms. The van der Waals surface area contributed by atoms with Gasteiger partial charge >= 0.3 is 0 Å². The molecular formula is C19H21N5O2S2. The van der Waals surface area contributed by atoms with E-state index in [0.29, 0.717) is 22.6 Å². The molecule has 146 valence electrons. The summed E-state index contributed by atoms with van der Waals surface area (Å²) in [4.78, 5) is 10.8. The number of aldehydes is 1. The van der Waals surface area contributed by atoms with Gasteiger partial charge in [-0.1, -0.05) is 30.8 Å². The summed E-state index contributed by atoms with van der Waals surface area (Å²) in [5.41, 5.74) is 3.90. The van der Waals surface area contributed by atoms with Crippen LogP contribution in [0.4, 0.5) is 5.69 Å². The number of hydrogen-bond acceptors (Lipinski definition) is 9. The number of rotatable bonds is 4. The number of ether oxygens (including phenoxy) is 1. The van der Waals surface area contributed by atoms with Gasteiger partial charge in [0.1, 0.15) is 5.69 Å². The lowest BCUT2D eigenvalue weighted by atomic mass is 10.0. The smallest absolute Gasteiger partial charge is 0.170 e. The van der Waals surface area contributed by atoms with Gasteiger partial charge in [-0.3, -0.25) is 9.80 Å². The van der Waals surface area contributed by atoms with Gasteiger partial charge in [0.05, 0.1) is 17.3 Å². The average Bonchev–Trinajstić information content (AvgIpc) is 2.72. The van der Waals surface area contributed by atoms with Crippen molar-refractivity contribution < 1.29 is 9.53 Å². The van der Waals surface area contributed by atoms with Crippen molar-refractivity contribution in [1.82, 2.24) is 10.2 Å². The highest BCUT2D eigenvalue weighted by atomic mass is 32.2. The molecule has 0 N–H and O–H groups in total. The minimum atomic E-state index is 0.284. The summed E-state index contributed by atoms with van der Waals surface area (Å²) in [6, 6.07) is 9.95. The van der Waals surface area contributed by atoms with Crippen molar-refractivity contribution in [3.63, 3.8) is 0 Å². The maximum absolute atomic E-state index is 10.8. The number of nitrogens with zero attached hydrogens (tertiary/aromatic N) is 5. The van der Waals surface area contributed by atoms with Gasteiger partial charge in [0.2, 0.25) is 0 Å². The lowest BCUT2D eigenvalue weighted by Gasteiger charge is -2.22. The Hall–Kier alpha value is -2.41. The SMILES string of the molecule is CCc1ccc(CSC2=NN(C)c3cc(C=O)nnc3S2)c(C#N)c1.COC. The molecule has 1 aromatic carbocycles. The van der Waals surface area contributed by atoms with Gasteiger partial charge in [0, 0.05) is 27.0 Å². The Balaban J connectivity index is 0.000000878. The summed E-state index contributed by atoms with van der Waals surface area (Å²) in [5.74, 6) is 0.655. The molecule has 0 aliphatic carbocycles. The molecule has 28 heavy (non-hydrogen) atoms. The predicted octanol–water partition coefficient (Wildman–Crippen LogP) is 3.73. The third-order valence-electron chi connectivity index (χ3n) is 3.70. The Morgan fingerprint density at radius 1 is 1.32 bits per heavy atom. The van der Waals surface area contributed by atoms with E-state index in [1.165, 1.54) is 11.8 Å². The molecule has 3 rings (SSSR count). The lowest BCUT2D eigenvalue weighted by molar-refractivity contribution is 0.111. The highest BCUT2D eigenvalue weighted by Gasteiger charge is 2.21. The van der Waals surface area contributed by atoms with E-state index in [2.05, 4.69) is 39.1 Å². The normalized spacial score (nSPS) is 12.2. The number of hydrazone groups is 1. The Morgan fingerprint density at radius 3 is 2.71 bits per heavy atom. The number of anilines is 1. The average molecular weight is 416 g/mol. The van der Waals surface area contributed by atoms with Gasteiger partial charge in [0.25, 0.3) is 0 Å². The van der Waals surface area contributed by atoms with E-state index < -0.39 is 0 Å². The number of benzene rings is 1. The van der Waals surface area contributed by atoms with Crippen LogP contribution in [0.15, 0.2) is 34.4 Å². The van der Waals surface area contributed by atoms with E-state index in [4.69, 9.17) is 0 Å². The number of hydrogen-bond donors (Lipinski definition) is 0. The Labute approximate surface area is 173 Å². The molecule has 1 aromatic heterocycles. The highest BCUT2D eigenvalue weighted by Crippen LogP contribution is 2.37. The molecule has 0 saturated carbocycles. The maximum Gasteiger partial charge on any atom is 0.170 e. The van der Waals surface area contributed by atoms with Crippen molar-refractivity contribution in [2.75, 3.05) is 26.3 Å². The fraction of sp³-hybridized carbons (Fsp3) is 0.316. The number of aromatic nitrogens is 2. The van der Waals surface area contributed by atoms with Crippen molar-refractivity contribution in [1.29, 1.82) is 5.26 Å². The minimum absolute atomic E-state index is 0.284. The molecule has 7 nitrogen and oxygen atoms in total. The molecule has 1 aliphatic rings. The van der Waals surface area contributed by atoms with Crippen LogP contribution >= 0.6 is 23.5 Å². The second-order valence-electron chi connectivity index (χ2n) is 5.72. The molecule has 0 spiro atoms. The molecule has 0 fully saturated rings. The van der Waals surface area contributed by atoms with E-state index >= 15 is 0 Å². The highest BCUT2D eigenvalue weighted by molar-refractivity contribution is 8.38. The van der Waals surface area contributed by atoms with Crippen molar-refractivity contribution in [2.45, 2.75) is 24.1 Å². The monoisotopic (exact) mass is 415 g/mol. The molecule has 2 heterocycles. The molecule has 0 bridgehead atoms. The van der Waals surface area contributed by atoms with Crippen molar-refractivity contribution >= 4 is 39.9 Å². The zero-order valence-electron chi connectivity index (χ0n) is 16.2. The number of carbonyl (C=O) groups excluding carboxylic acids is 1. The van der Waals surface area contributed by atoms with Crippen molar-refractivity contribution in [3.05, 3.63) is 46.6 Å². The van der Waals surface area contributed by atoms with Crippen LogP contribution in [0.1, 0.15) is 34.1 Å². The third kappa shape index (κ3) is 5.55. The van der Waals surface area contributed by atoms with Gasteiger partial charge < -0.3 is 4.74 Å². The topological polar surface area (TPSA) is 91.5 Å². The summed E-state index contributed by atoms with van der Waals surface area (Å²) in [5, 5.41) is 24.2. The van der Waals surface area contributed by atoms with Gasteiger partial charge in [0.15, 0.2) is 15.7 Å². The van der Waals surface area contributed by atoms with Crippen LogP contribution in [0.3, 0.4) is 0 Å². The Morgan fingerprint density at radius 2 is 2.07 bits per heavy atom. The number of fused-ring (bicyclic) bond motifs is 1. The largest absolute Gasteiger partial charge is 0.388 e. The maximum atomic E-state index is 10.8. The fourth-order valence-electron chi connectivity index (χ4n) is 2.30. The van der Waals surface area contributed by atoms with Gasteiger partial charge in [-0.15, -0.1) is 10.2 Å². The van der Waals surface area contributed by atoms with E-state index in [1.807, 2.05) is 19.2 Å². The Bertz CT molecular complexity index is 912. The Kier molecular flexibility index (Phi) is 8.44. The molecule has 0 saturated heterocycles. The number of thioether (sulfide) groups is 2. The van der Waals surface area contributed by atoms with Gasteiger partial charge in [-0.05, 0) is 41.4 Å². The molecule has 2 aromatic rings. The summed E-state index contributed by atoms with van der Waals surface area (Å²) in [6.45, 7) is 2.07. The molecular weight excluding hydrogens is 394 g/mol. The first kappa shape index (κ1) is 21.9. The summed E-state index contributed by atoms with van der Waals surface area (Å²) in [7, 11) is 5.06. The summed E-state index contributed by atoms with van der Waals surface area (Å²) < 4.78 is 5.08. The number of nitriles is 1. The first-order valence-corrected chi connectivity index (χ1v) is 10.2. The molecule has 1 aliphatic heterocycles. The molecule has 0 amide bonds. The first-order chi connectivity index (χ1) is 13.6. The minimum Gasteiger partial charge on any atom is -0.388 e. The zero-order valence-corrected chi connectivity index (χ0v) is 17.8. The molecule has 0 atom stereocenters. The van der Waals surface area contributed by atoms with Gasteiger partial charge in [-0.25, -0.2) is 0 Å². The van der Waals surface area contributed by atoms with E-state index in [1.54, 1.807) is 37.1 Å². The van der Waals surface area contributed by atoms with Crippen LogP contribution in [-0.2, 0) is 16.9 Å². The van der Waals surface area contributed by atoms with E-state index in [-0.39, 0.29) is 5.69 Å². The summed E-state index contributed by atoms with van der Waals surface area (Å²) >= 11 is 2.97.